The summed E-state index contributed by atoms with van der Waals surface area (Å²) in [5.41, 5.74) is 3.92. The molecule has 0 radical (unpaired) electrons. The van der Waals surface area contributed by atoms with Crippen LogP contribution in [0.1, 0.15) is 11.1 Å². The lowest BCUT2D eigenvalue weighted by Crippen LogP contribution is -2.10. The highest BCUT2D eigenvalue weighted by Gasteiger charge is 2.12. The van der Waals surface area contributed by atoms with Crippen molar-refractivity contribution in [2.75, 3.05) is 4.90 Å². The Morgan fingerprint density at radius 2 is 1.04 bits per heavy atom. The molecule has 0 amide bonds. The highest BCUT2D eigenvalue weighted by molar-refractivity contribution is 5.77. The van der Waals surface area contributed by atoms with Gasteiger partial charge in [0.05, 0.1) is 23.3 Å². The van der Waals surface area contributed by atoms with Crippen LogP contribution in [0.2, 0.25) is 0 Å². The third-order valence-corrected chi connectivity index (χ3v) is 3.48. The van der Waals surface area contributed by atoms with Crippen molar-refractivity contribution < 1.29 is 0 Å². The minimum Gasteiger partial charge on any atom is -0.310 e. The van der Waals surface area contributed by atoms with Crippen LogP contribution in [-0.4, -0.2) is 0 Å². The van der Waals surface area contributed by atoms with Crippen LogP contribution in [0.25, 0.3) is 0 Å². The van der Waals surface area contributed by atoms with Gasteiger partial charge in [-0.15, -0.1) is 0 Å². The normalized spacial score (nSPS) is 9.65. The van der Waals surface area contributed by atoms with Gasteiger partial charge in [-0.2, -0.15) is 10.5 Å². The molecular formula is C20H13N3. The van der Waals surface area contributed by atoms with E-state index in [9.17, 15) is 0 Å². The Kier molecular flexibility index (Phi) is 4.05. The lowest BCUT2D eigenvalue weighted by molar-refractivity contribution is 1.27. The van der Waals surface area contributed by atoms with Crippen molar-refractivity contribution in [2.45, 2.75) is 0 Å². The van der Waals surface area contributed by atoms with E-state index in [1.54, 1.807) is 12.1 Å². The average molecular weight is 295 g/mol. The highest BCUT2D eigenvalue weighted by atomic mass is 15.1. The van der Waals surface area contributed by atoms with E-state index < -0.39 is 0 Å². The molecule has 0 aliphatic heterocycles. The number of benzene rings is 3. The summed E-state index contributed by atoms with van der Waals surface area (Å²) in [6.45, 7) is 0. The van der Waals surface area contributed by atoms with E-state index >= 15 is 0 Å². The monoisotopic (exact) mass is 295 g/mol. The Balaban J connectivity index is 2.18. The zero-order valence-corrected chi connectivity index (χ0v) is 12.3. The lowest BCUT2D eigenvalue weighted by atomic mass is 10.1. The van der Waals surface area contributed by atoms with Gasteiger partial charge in [0, 0.05) is 17.1 Å². The molecule has 3 rings (SSSR count). The molecule has 0 saturated carbocycles. The highest BCUT2D eigenvalue weighted by Crippen LogP contribution is 2.34. The van der Waals surface area contributed by atoms with Crippen molar-refractivity contribution in [1.82, 2.24) is 0 Å². The van der Waals surface area contributed by atoms with Crippen LogP contribution in [0.3, 0.4) is 0 Å². The summed E-state index contributed by atoms with van der Waals surface area (Å²) < 4.78 is 0. The van der Waals surface area contributed by atoms with Gasteiger partial charge in [-0.3, -0.25) is 0 Å². The van der Waals surface area contributed by atoms with E-state index in [0.717, 1.165) is 17.1 Å². The molecule has 0 fully saturated rings. The minimum absolute atomic E-state index is 0.597. The first kappa shape index (κ1) is 14.4. The standard InChI is InChI=1S/C20H13N3/c21-14-16-6-4-10-19(12-16)23(18-8-2-1-3-9-18)20-11-5-7-17(13-20)15-22/h1-13H. The van der Waals surface area contributed by atoms with Crippen LogP contribution in [0, 0.1) is 22.7 Å². The van der Waals surface area contributed by atoms with Gasteiger partial charge >= 0.3 is 0 Å². The molecule has 0 heterocycles. The molecule has 0 aromatic heterocycles. The van der Waals surface area contributed by atoms with Crippen LogP contribution in [-0.2, 0) is 0 Å². The Bertz CT molecular complexity index is 844. The molecule has 3 aromatic rings. The zero-order chi connectivity index (χ0) is 16.1. The first-order valence-electron chi connectivity index (χ1n) is 7.17. The van der Waals surface area contributed by atoms with Gasteiger partial charge in [-0.1, -0.05) is 30.3 Å². The van der Waals surface area contributed by atoms with Gasteiger partial charge in [-0.05, 0) is 48.5 Å². The number of nitrogens with zero attached hydrogens (tertiary/aromatic N) is 3. The second-order valence-corrected chi connectivity index (χ2v) is 5.00. The SMILES string of the molecule is N#Cc1cccc(N(c2ccccc2)c2cccc(C#N)c2)c1. The van der Waals surface area contributed by atoms with Crippen LogP contribution in [0.5, 0.6) is 0 Å². The van der Waals surface area contributed by atoms with Gasteiger partial charge < -0.3 is 4.90 Å². The van der Waals surface area contributed by atoms with Gasteiger partial charge in [-0.25, -0.2) is 0 Å². The van der Waals surface area contributed by atoms with Crippen molar-refractivity contribution >= 4 is 17.1 Å². The molecule has 3 heteroatoms. The number of anilines is 3. The Morgan fingerprint density at radius 1 is 0.565 bits per heavy atom. The predicted molar refractivity (Wildman–Crippen MR) is 90.6 cm³/mol. The molecule has 0 spiro atoms. The third kappa shape index (κ3) is 3.05. The number of rotatable bonds is 3. The average Bonchev–Trinajstić information content (AvgIpc) is 2.63. The van der Waals surface area contributed by atoms with Crippen molar-refractivity contribution in [3.05, 3.63) is 90.0 Å². The number of hydrogen-bond donors (Lipinski definition) is 0. The van der Waals surface area contributed by atoms with E-state index in [0.29, 0.717) is 11.1 Å². The molecule has 108 valence electrons. The molecule has 0 aliphatic rings. The summed E-state index contributed by atoms with van der Waals surface area (Å²) in [5.74, 6) is 0. The molecule has 0 atom stereocenters. The van der Waals surface area contributed by atoms with Gasteiger partial charge in [0.25, 0.3) is 0 Å². The summed E-state index contributed by atoms with van der Waals surface area (Å²) in [7, 11) is 0. The van der Waals surface area contributed by atoms with Crippen LogP contribution >= 0.6 is 0 Å². The zero-order valence-electron chi connectivity index (χ0n) is 12.3. The van der Waals surface area contributed by atoms with E-state index in [4.69, 9.17) is 10.5 Å². The van der Waals surface area contributed by atoms with Crippen LogP contribution in [0.4, 0.5) is 17.1 Å². The summed E-state index contributed by atoms with van der Waals surface area (Å²) in [6.07, 6.45) is 0. The van der Waals surface area contributed by atoms with E-state index in [2.05, 4.69) is 12.1 Å². The maximum atomic E-state index is 9.16. The smallest absolute Gasteiger partial charge is 0.0992 e. The molecule has 0 aliphatic carbocycles. The van der Waals surface area contributed by atoms with Gasteiger partial charge in [0.2, 0.25) is 0 Å². The molecule has 3 nitrogen and oxygen atoms in total. The van der Waals surface area contributed by atoms with Crippen molar-refractivity contribution in [3.63, 3.8) is 0 Å². The molecule has 3 aromatic carbocycles. The fraction of sp³-hybridized carbons (Fsp3) is 0. The summed E-state index contributed by atoms with van der Waals surface area (Å²) in [5, 5.41) is 18.3. The molecule has 0 N–H and O–H groups in total. The quantitative estimate of drug-likeness (QED) is 0.690. The Hall–Kier alpha value is -3.56. The van der Waals surface area contributed by atoms with Gasteiger partial charge in [0.15, 0.2) is 0 Å². The fourth-order valence-electron chi connectivity index (χ4n) is 2.45. The second-order valence-electron chi connectivity index (χ2n) is 5.00. The topological polar surface area (TPSA) is 50.8 Å². The number of para-hydroxylation sites is 1. The molecule has 0 bridgehead atoms. The maximum absolute atomic E-state index is 9.16. The first-order chi connectivity index (χ1) is 11.3. The lowest BCUT2D eigenvalue weighted by Gasteiger charge is -2.25. The molecular weight excluding hydrogens is 282 g/mol. The predicted octanol–water partition coefficient (Wildman–Crippen LogP) is 4.90. The first-order valence-corrected chi connectivity index (χ1v) is 7.17. The van der Waals surface area contributed by atoms with Crippen LogP contribution < -0.4 is 4.90 Å². The second kappa shape index (κ2) is 6.47. The Morgan fingerprint density at radius 3 is 1.52 bits per heavy atom. The van der Waals surface area contributed by atoms with Crippen molar-refractivity contribution in [2.24, 2.45) is 0 Å². The molecule has 0 unspecified atom stereocenters. The molecule has 0 saturated heterocycles. The summed E-state index contributed by atoms with van der Waals surface area (Å²) in [4.78, 5) is 2.03. The van der Waals surface area contributed by atoms with Gasteiger partial charge in [0.1, 0.15) is 0 Å². The third-order valence-electron chi connectivity index (χ3n) is 3.48. The summed E-state index contributed by atoms with van der Waals surface area (Å²) >= 11 is 0. The number of nitriles is 2. The molecule has 23 heavy (non-hydrogen) atoms. The van der Waals surface area contributed by atoms with E-state index in [1.165, 1.54) is 0 Å². The van der Waals surface area contributed by atoms with Crippen LogP contribution in [0.15, 0.2) is 78.9 Å². The van der Waals surface area contributed by atoms with Crippen molar-refractivity contribution in [3.8, 4) is 12.1 Å². The minimum atomic E-state index is 0.597. The largest absolute Gasteiger partial charge is 0.310 e. The van der Waals surface area contributed by atoms with E-state index in [-0.39, 0.29) is 0 Å². The fourth-order valence-corrected chi connectivity index (χ4v) is 2.45. The van der Waals surface area contributed by atoms with E-state index in [1.807, 2.05) is 71.6 Å². The maximum Gasteiger partial charge on any atom is 0.0992 e. The van der Waals surface area contributed by atoms with Crippen molar-refractivity contribution in [1.29, 1.82) is 10.5 Å². The summed E-state index contributed by atoms with van der Waals surface area (Å²) in [6, 6.07) is 29.1. The Labute approximate surface area is 135 Å². The number of hydrogen-bond acceptors (Lipinski definition) is 3.